The fourth-order valence-electron chi connectivity index (χ4n) is 4.09. The molecule has 2 aliphatic rings. The lowest BCUT2D eigenvalue weighted by atomic mass is 9.92. The van der Waals surface area contributed by atoms with Gasteiger partial charge in [0, 0.05) is 25.6 Å². The fraction of sp³-hybridized carbons (Fsp3) is 0.682. The molecule has 0 atom stereocenters. The Morgan fingerprint density at radius 2 is 1.60 bits per heavy atom. The second-order valence-electron chi connectivity index (χ2n) is 8.45. The molecular formula is C22H34N2O. The number of benzene rings is 1. The molecule has 138 valence electrons. The van der Waals surface area contributed by atoms with Gasteiger partial charge in [0.25, 0.3) is 0 Å². The van der Waals surface area contributed by atoms with Crippen LogP contribution in [0.25, 0.3) is 0 Å². The van der Waals surface area contributed by atoms with Crippen molar-refractivity contribution in [1.82, 2.24) is 9.80 Å². The number of carbonyl (C=O) groups excluding carboxylic acids is 1. The first-order valence-electron chi connectivity index (χ1n) is 10.1. The van der Waals surface area contributed by atoms with Crippen molar-refractivity contribution in [2.45, 2.75) is 58.9 Å². The Bertz CT molecular complexity index is 550. The molecule has 0 unspecified atom stereocenters. The van der Waals surface area contributed by atoms with E-state index in [4.69, 9.17) is 0 Å². The van der Waals surface area contributed by atoms with E-state index in [0.717, 1.165) is 51.5 Å². The molecule has 0 aliphatic carbocycles. The predicted molar refractivity (Wildman–Crippen MR) is 104 cm³/mol. The quantitative estimate of drug-likeness (QED) is 0.815. The second-order valence-corrected chi connectivity index (χ2v) is 8.45. The van der Waals surface area contributed by atoms with Gasteiger partial charge in [0.2, 0.25) is 5.91 Å². The predicted octanol–water partition coefficient (Wildman–Crippen LogP) is 4.28. The van der Waals surface area contributed by atoms with Crippen LogP contribution < -0.4 is 0 Å². The van der Waals surface area contributed by atoms with Crippen LogP contribution in [-0.2, 0) is 11.3 Å². The van der Waals surface area contributed by atoms with Gasteiger partial charge in [-0.25, -0.2) is 0 Å². The number of piperidine rings is 2. The van der Waals surface area contributed by atoms with Crippen molar-refractivity contribution in [2.24, 2.45) is 11.8 Å². The molecule has 25 heavy (non-hydrogen) atoms. The standard InChI is InChI=1S/C22H34N2O/c1-17(2)20-6-4-19(5-7-20)16-23-12-10-21(11-13-23)22(25)24-14-8-18(3)9-15-24/h4-7,17-18,21H,8-16H2,1-3H3. The summed E-state index contributed by atoms with van der Waals surface area (Å²) in [4.78, 5) is 17.4. The molecule has 3 nitrogen and oxygen atoms in total. The van der Waals surface area contributed by atoms with Crippen LogP contribution in [-0.4, -0.2) is 41.9 Å². The van der Waals surface area contributed by atoms with Gasteiger partial charge in [-0.1, -0.05) is 45.0 Å². The summed E-state index contributed by atoms with van der Waals surface area (Å²) in [6.45, 7) is 11.8. The molecule has 0 spiro atoms. The Kier molecular flexibility index (Phi) is 6.16. The molecule has 0 N–H and O–H groups in total. The largest absolute Gasteiger partial charge is 0.342 e. The van der Waals surface area contributed by atoms with E-state index >= 15 is 0 Å². The Labute approximate surface area is 153 Å². The zero-order chi connectivity index (χ0) is 17.8. The van der Waals surface area contributed by atoms with Crippen molar-refractivity contribution in [2.75, 3.05) is 26.2 Å². The summed E-state index contributed by atoms with van der Waals surface area (Å²) in [6.07, 6.45) is 4.40. The third-order valence-corrected chi connectivity index (χ3v) is 6.08. The van der Waals surface area contributed by atoms with Gasteiger partial charge in [-0.05, 0) is 61.7 Å². The summed E-state index contributed by atoms with van der Waals surface area (Å²) in [5, 5.41) is 0. The zero-order valence-corrected chi connectivity index (χ0v) is 16.2. The van der Waals surface area contributed by atoms with E-state index in [1.807, 2.05) is 0 Å². The third kappa shape index (κ3) is 4.84. The van der Waals surface area contributed by atoms with Crippen LogP contribution in [0.1, 0.15) is 63.5 Å². The topological polar surface area (TPSA) is 23.6 Å². The molecule has 2 fully saturated rings. The summed E-state index contributed by atoms with van der Waals surface area (Å²) in [5.74, 6) is 2.06. The van der Waals surface area contributed by atoms with Crippen molar-refractivity contribution < 1.29 is 4.79 Å². The van der Waals surface area contributed by atoms with Crippen LogP contribution >= 0.6 is 0 Å². The summed E-state index contributed by atoms with van der Waals surface area (Å²) < 4.78 is 0. The average Bonchev–Trinajstić information content (AvgIpc) is 2.63. The number of carbonyl (C=O) groups is 1. The lowest BCUT2D eigenvalue weighted by Gasteiger charge is -2.36. The van der Waals surface area contributed by atoms with Gasteiger partial charge in [-0.3, -0.25) is 9.69 Å². The maximum Gasteiger partial charge on any atom is 0.225 e. The minimum Gasteiger partial charge on any atom is -0.342 e. The van der Waals surface area contributed by atoms with Crippen LogP contribution in [0, 0.1) is 11.8 Å². The summed E-state index contributed by atoms with van der Waals surface area (Å²) >= 11 is 0. The van der Waals surface area contributed by atoms with Gasteiger partial charge in [0.05, 0.1) is 0 Å². The molecule has 0 aromatic heterocycles. The van der Waals surface area contributed by atoms with E-state index in [9.17, 15) is 4.79 Å². The Hall–Kier alpha value is -1.35. The molecule has 3 heteroatoms. The summed E-state index contributed by atoms with van der Waals surface area (Å²) in [6, 6.07) is 9.05. The van der Waals surface area contributed by atoms with Gasteiger partial charge < -0.3 is 4.90 Å². The van der Waals surface area contributed by atoms with E-state index in [-0.39, 0.29) is 5.92 Å². The number of hydrogen-bond donors (Lipinski definition) is 0. The van der Waals surface area contributed by atoms with Crippen LogP contribution in [0.4, 0.5) is 0 Å². The average molecular weight is 343 g/mol. The van der Waals surface area contributed by atoms with Gasteiger partial charge in [0.15, 0.2) is 0 Å². The zero-order valence-electron chi connectivity index (χ0n) is 16.2. The molecule has 1 aromatic carbocycles. The number of nitrogens with zero attached hydrogens (tertiary/aromatic N) is 2. The first kappa shape index (κ1) is 18.4. The van der Waals surface area contributed by atoms with Crippen LogP contribution in [0.5, 0.6) is 0 Å². The smallest absolute Gasteiger partial charge is 0.225 e. The number of rotatable bonds is 4. The Morgan fingerprint density at radius 1 is 1.00 bits per heavy atom. The van der Waals surface area contributed by atoms with Crippen LogP contribution in [0.3, 0.4) is 0 Å². The van der Waals surface area contributed by atoms with Crippen molar-refractivity contribution >= 4 is 5.91 Å². The summed E-state index contributed by atoms with van der Waals surface area (Å²) in [7, 11) is 0. The maximum atomic E-state index is 12.7. The Balaban J connectivity index is 1.46. The lowest BCUT2D eigenvalue weighted by molar-refractivity contribution is -0.138. The van der Waals surface area contributed by atoms with Gasteiger partial charge in [-0.15, -0.1) is 0 Å². The van der Waals surface area contributed by atoms with E-state index < -0.39 is 0 Å². The first-order valence-corrected chi connectivity index (χ1v) is 10.1. The number of hydrogen-bond acceptors (Lipinski definition) is 2. The van der Waals surface area contributed by atoms with E-state index in [1.54, 1.807) is 0 Å². The molecule has 1 amide bonds. The highest BCUT2D eigenvalue weighted by Crippen LogP contribution is 2.24. The van der Waals surface area contributed by atoms with E-state index in [1.165, 1.54) is 24.0 Å². The lowest BCUT2D eigenvalue weighted by Crippen LogP contribution is -2.45. The fourth-order valence-corrected chi connectivity index (χ4v) is 4.09. The molecule has 1 aromatic rings. The molecule has 0 radical (unpaired) electrons. The maximum absolute atomic E-state index is 12.7. The minimum atomic E-state index is 0.257. The molecular weight excluding hydrogens is 308 g/mol. The number of likely N-dealkylation sites (tertiary alicyclic amines) is 2. The van der Waals surface area contributed by atoms with Crippen molar-refractivity contribution in [1.29, 1.82) is 0 Å². The van der Waals surface area contributed by atoms with Crippen LogP contribution in [0.15, 0.2) is 24.3 Å². The van der Waals surface area contributed by atoms with Gasteiger partial charge in [-0.2, -0.15) is 0 Å². The van der Waals surface area contributed by atoms with E-state index in [2.05, 4.69) is 54.8 Å². The molecule has 2 saturated heterocycles. The Morgan fingerprint density at radius 3 is 2.16 bits per heavy atom. The normalized spacial score (nSPS) is 21.0. The molecule has 3 rings (SSSR count). The third-order valence-electron chi connectivity index (χ3n) is 6.08. The van der Waals surface area contributed by atoms with Crippen molar-refractivity contribution in [3.8, 4) is 0 Å². The monoisotopic (exact) mass is 342 g/mol. The molecule has 2 aliphatic heterocycles. The van der Waals surface area contributed by atoms with Gasteiger partial charge >= 0.3 is 0 Å². The highest BCUT2D eigenvalue weighted by Gasteiger charge is 2.30. The van der Waals surface area contributed by atoms with E-state index in [0.29, 0.717) is 11.8 Å². The second kappa shape index (κ2) is 8.35. The highest BCUT2D eigenvalue weighted by molar-refractivity contribution is 5.79. The molecule has 0 saturated carbocycles. The first-order chi connectivity index (χ1) is 12.0. The highest BCUT2D eigenvalue weighted by atomic mass is 16.2. The van der Waals surface area contributed by atoms with Crippen molar-refractivity contribution in [3.63, 3.8) is 0 Å². The van der Waals surface area contributed by atoms with Crippen LogP contribution in [0.2, 0.25) is 0 Å². The minimum absolute atomic E-state index is 0.257. The van der Waals surface area contributed by atoms with Crippen molar-refractivity contribution in [3.05, 3.63) is 35.4 Å². The SMILES string of the molecule is CC1CCN(C(=O)C2CCN(Cc3ccc(C(C)C)cc3)CC2)CC1. The summed E-state index contributed by atoms with van der Waals surface area (Å²) in [5.41, 5.74) is 2.79. The molecule has 2 heterocycles. The number of amides is 1. The van der Waals surface area contributed by atoms with Gasteiger partial charge in [0.1, 0.15) is 0 Å². The molecule has 0 bridgehead atoms.